The molecule has 8 heteroatoms. The monoisotopic (exact) mass is 352 g/mol. The van der Waals surface area contributed by atoms with Crippen molar-refractivity contribution in [2.24, 2.45) is 0 Å². The summed E-state index contributed by atoms with van der Waals surface area (Å²) in [5, 5.41) is 11.3. The van der Waals surface area contributed by atoms with E-state index in [4.69, 9.17) is 4.74 Å². The zero-order chi connectivity index (χ0) is 18.2. The predicted molar refractivity (Wildman–Crippen MR) is 85.8 cm³/mol. The van der Waals surface area contributed by atoms with Crippen molar-refractivity contribution in [3.8, 4) is 5.75 Å². The number of fused-ring (bicyclic) bond motifs is 1. The van der Waals surface area contributed by atoms with Crippen LogP contribution in [-0.4, -0.2) is 18.6 Å². The third kappa shape index (κ3) is 3.38. The summed E-state index contributed by atoms with van der Waals surface area (Å²) in [6.07, 6.45) is -3.99. The summed E-state index contributed by atoms with van der Waals surface area (Å²) in [5.41, 5.74) is 0.683. The lowest BCUT2D eigenvalue weighted by atomic mass is 9.98. The average molecular weight is 352 g/mol. The molecule has 0 N–H and O–H groups in total. The van der Waals surface area contributed by atoms with Crippen LogP contribution in [0.3, 0.4) is 0 Å². The van der Waals surface area contributed by atoms with Gasteiger partial charge in [0.05, 0.1) is 17.6 Å². The van der Waals surface area contributed by atoms with E-state index in [9.17, 15) is 23.3 Å². The predicted octanol–water partition coefficient (Wildman–Crippen LogP) is 4.18. The van der Waals surface area contributed by atoms with E-state index in [0.29, 0.717) is 25.6 Å². The number of nitro benzene ring substituents is 1. The minimum Gasteiger partial charge on any atom is -0.497 e. The van der Waals surface area contributed by atoms with Gasteiger partial charge in [0, 0.05) is 19.2 Å². The van der Waals surface area contributed by atoms with E-state index in [1.54, 1.807) is 18.1 Å². The number of hydrogen-bond acceptors (Lipinski definition) is 4. The molecule has 0 radical (unpaired) electrons. The van der Waals surface area contributed by atoms with Crippen LogP contribution in [0.15, 0.2) is 36.4 Å². The minimum atomic E-state index is -4.62. The molecule has 1 aliphatic heterocycles. The SMILES string of the molecule is COc1ccc2c(c1)CCN(c1ccc(C(F)(F)F)cc1[N+](=O)[O-])C2. The van der Waals surface area contributed by atoms with Crippen molar-refractivity contribution in [2.75, 3.05) is 18.6 Å². The van der Waals surface area contributed by atoms with Gasteiger partial charge in [0.15, 0.2) is 0 Å². The molecule has 0 saturated carbocycles. The molecule has 2 aromatic carbocycles. The van der Waals surface area contributed by atoms with Crippen molar-refractivity contribution < 1.29 is 22.8 Å². The first-order chi connectivity index (χ1) is 11.8. The maximum Gasteiger partial charge on any atom is 0.416 e. The molecule has 1 heterocycles. The fraction of sp³-hybridized carbons (Fsp3) is 0.294. The van der Waals surface area contributed by atoms with E-state index >= 15 is 0 Å². The molecule has 0 amide bonds. The average Bonchev–Trinajstić information content (AvgIpc) is 2.59. The number of halogens is 3. The van der Waals surface area contributed by atoms with Gasteiger partial charge in [0.25, 0.3) is 5.69 Å². The van der Waals surface area contributed by atoms with Crippen molar-refractivity contribution in [3.63, 3.8) is 0 Å². The molecule has 0 unspecified atom stereocenters. The van der Waals surface area contributed by atoms with E-state index in [-0.39, 0.29) is 5.69 Å². The fourth-order valence-electron chi connectivity index (χ4n) is 2.98. The van der Waals surface area contributed by atoms with Crippen molar-refractivity contribution in [2.45, 2.75) is 19.1 Å². The number of hydrogen-bond donors (Lipinski definition) is 0. The van der Waals surface area contributed by atoms with Gasteiger partial charge in [-0.3, -0.25) is 10.1 Å². The highest BCUT2D eigenvalue weighted by molar-refractivity contribution is 5.65. The van der Waals surface area contributed by atoms with Gasteiger partial charge in [-0.2, -0.15) is 13.2 Å². The summed E-state index contributed by atoms with van der Waals surface area (Å²) in [5.74, 6) is 0.729. The second kappa shape index (κ2) is 6.27. The largest absolute Gasteiger partial charge is 0.497 e. The Balaban J connectivity index is 1.95. The Hall–Kier alpha value is -2.77. The molecule has 0 aliphatic carbocycles. The van der Waals surface area contributed by atoms with Crippen molar-refractivity contribution in [1.82, 2.24) is 0 Å². The molecule has 25 heavy (non-hydrogen) atoms. The van der Waals surface area contributed by atoms with Gasteiger partial charge in [-0.05, 0) is 41.8 Å². The Labute approximate surface area is 141 Å². The molecular formula is C17H15F3N2O3. The number of nitrogens with zero attached hydrogens (tertiary/aromatic N) is 2. The van der Waals surface area contributed by atoms with Crippen LogP contribution in [-0.2, 0) is 19.1 Å². The zero-order valence-electron chi connectivity index (χ0n) is 13.3. The van der Waals surface area contributed by atoms with Crippen LogP contribution >= 0.6 is 0 Å². The third-order valence-electron chi connectivity index (χ3n) is 4.27. The zero-order valence-corrected chi connectivity index (χ0v) is 13.3. The molecule has 2 aromatic rings. The smallest absolute Gasteiger partial charge is 0.416 e. The first-order valence-electron chi connectivity index (χ1n) is 7.56. The number of rotatable bonds is 3. The molecule has 3 rings (SSSR count). The molecule has 0 bridgehead atoms. The molecular weight excluding hydrogens is 337 g/mol. The number of benzene rings is 2. The van der Waals surface area contributed by atoms with E-state index in [1.165, 1.54) is 6.07 Å². The summed E-state index contributed by atoms with van der Waals surface area (Å²) in [6, 6.07) is 8.23. The van der Waals surface area contributed by atoms with E-state index in [0.717, 1.165) is 22.9 Å². The molecule has 132 valence electrons. The van der Waals surface area contributed by atoms with E-state index in [2.05, 4.69) is 0 Å². The van der Waals surface area contributed by atoms with Crippen LogP contribution in [0, 0.1) is 10.1 Å². The van der Waals surface area contributed by atoms with Crippen molar-refractivity contribution >= 4 is 11.4 Å². The van der Waals surface area contributed by atoms with Crippen LogP contribution < -0.4 is 9.64 Å². The number of methoxy groups -OCH3 is 1. The molecule has 0 aromatic heterocycles. The molecule has 0 spiro atoms. The number of anilines is 1. The maximum absolute atomic E-state index is 12.8. The normalized spacial score (nSPS) is 14.2. The van der Waals surface area contributed by atoms with Crippen LogP contribution in [0.25, 0.3) is 0 Å². The van der Waals surface area contributed by atoms with Crippen LogP contribution in [0.2, 0.25) is 0 Å². The summed E-state index contributed by atoms with van der Waals surface area (Å²) in [7, 11) is 1.57. The second-order valence-corrected chi connectivity index (χ2v) is 5.76. The van der Waals surface area contributed by atoms with Crippen LogP contribution in [0.5, 0.6) is 5.75 Å². The Kier molecular flexibility index (Phi) is 4.28. The summed E-state index contributed by atoms with van der Waals surface area (Å²) < 4.78 is 43.7. The first-order valence-corrected chi connectivity index (χ1v) is 7.56. The Bertz CT molecular complexity index is 821. The van der Waals surface area contributed by atoms with E-state index in [1.807, 2.05) is 12.1 Å². The number of nitro groups is 1. The number of alkyl halides is 3. The lowest BCUT2D eigenvalue weighted by Gasteiger charge is -2.30. The minimum absolute atomic E-state index is 0.194. The Morgan fingerprint density at radius 3 is 2.56 bits per heavy atom. The summed E-state index contributed by atoms with van der Waals surface area (Å²) in [6.45, 7) is 0.873. The highest BCUT2D eigenvalue weighted by Gasteiger charge is 2.34. The molecule has 1 aliphatic rings. The Morgan fingerprint density at radius 1 is 1.16 bits per heavy atom. The first kappa shape index (κ1) is 17.1. The van der Waals surface area contributed by atoms with Gasteiger partial charge in [0.1, 0.15) is 11.4 Å². The van der Waals surface area contributed by atoms with Crippen molar-refractivity contribution in [1.29, 1.82) is 0 Å². The topological polar surface area (TPSA) is 55.6 Å². The molecule has 0 saturated heterocycles. The fourth-order valence-corrected chi connectivity index (χ4v) is 2.98. The summed E-state index contributed by atoms with van der Waals surface area (Å²) in [4.78, 5) is 12.2. The standard InChI is InChI=1S/C17H15F3N2O3/c1-25-14-4-2-12-10-21(7-6-11(12)8-14)15-5-3-13(17(18,19)20)9-16(15)22(23)24/h2-5,8-9H,6-7,10H2,1H3. The van der Waals surface area contributed by atoms with Crippen LogP contribution in [0.1, 0.15) is 16.7 Å². The quantitative estimate of drug-likeness (QED) is 0.614. The number of ether oxygens (including phenoxy) is 1. The molecule has 5 nitrogen and oxygen atoms in total. The summed E-state index contributed by atoms with van der Waals surface area (Å²) >= 11 is 0. The maximum atomic E-state index is 12.8. The van der Waals surface area contributed by atoms with Gasteiger partial charge in [-0.1, -0.05) is 6.07 Å². The van der Waals surface area contributed by atoms with Gasteiger partial charge in [0.2, 0.25) is 0 Å². The van der Waals surface area contributed by atoms with Gasteiger partial charge in [-0.15, -0.1) is 0 Å². The van der Waals surface area contributed by atoms with Gasteiger partial charge < -0.3 is 9.64 Å². The molecule has 0 atom stereocenters. The lowest BCUT2D eigenvalue weighted by Crippen LogP contribution is -2.31. The Morgan fingerprint density at radius 2 is 1.92 bits per heavy atom. The van der Waals surface area contributed by atoms with Gasteiger partial charge >= 0.3 is 6.18 Å². The van der Waals surface area contributed by atoms with E-state index < -0.39 is 22.4 Å². The molecule has 0 fully saturated rings. The van der Waals surface area contributed by atoms with Crippen molar-refractivity contribution in [3.05, 3.63) is 63.2 Å². The third-order valence-corrected chi connectivity index (χ3v) is 4.27. The van der Waals surface area contributed by atoms with Crippen LogP contribution in [0.4, 0.5) is 24.5 Å². The highest BCUT2D eigenvalue weighted by Crippen LogP contribution is 2.38. The van der Waals surface area contributed by atoms with Gasteiger partial charge in [-0.25, -0.2) is 0 Å². The highest BCUT2D eigenvalue weighted by atomic mass is 19.4. The lowest BCUT2D eigenvalue weighted by molar-refractivity contribution is -0.384. The second-order valence-electron chi connectivity index (χ2n) is 5.76.